The van der Waals surface area contributed by atoms with E-state index in [1.165, 1.54) is 32.1 Å². The number of piperidine rings is 1. The van der Waals surface area contributed by atoms with Gasteiger partial charge in [-0.15, -0.1) is 0 Å². The Bertz CT molecular complexity index is 620. The first-order valence-electron chi connectivity index (χ1n) is 10.7. The van der Waals surface area contributed by atoms with Crippen molar-refractivity contribution in [3.8, 4) is 0 Å². The zero-order valence-electron chi connectivity index (χ0n) is 16.3. The zero-order chi connectivity index (χ0) is 18.6. The van der Waals surface area contributed by atoms with Crippen LogP contribution in [-0.4, -0.2) is 78.1 Å². The molecule has 3 fully saturated rings. The van der Waals surface area contributed by atoms with Gasteiger partial charge in [0.15, 0.2) is 5.76 Å². The van der Waals surface area contributed by atoms with E-state index in [9.17, 15) is 9.90 Å². The molecule has 4 rings (SSSR count). The molecule has 1 aromatic heterocycles. The normalized spacial score (nSPS) is 27.5. The minimum absolute atomic E-state index is 0.0257. The Morgan fingerprint density at radius 3 is 2.37 bits per heavy atom. The number of carbonyl (C=O) groups is 1. The summed E-state index contributed by atoms with van der Waals surface area (Å²) >= 11 is 0. The Morgan fingerprint density at radius 2 is 1.63 bits per heavy atom. The van der Waals surface area contributed by atoms with Gasteiger partial charge in [-0.1, -0.05) is 6.42 Å². The van der Waals surface area contributed by atoms with Crippen molar-refractivity contribution in [2.75, 3.05) is 52.4 Å². The van der Waals surface area contributed by atoms with Crippen LogP contribution in [0.4, 0.5) is 0 Å². The van der Waals surface area contributed by atoms with Crippen molar-refractivity contribution >= 4 is 5.91 Å². The summed E-state index contributed by atoms with van der Waals surface area (Å²) in [6.45, 7) is 7.84. The largest absolute Gasteiger partial charge is 0.455 e. The second-order valence-corrected chi connectivity index (χ2v) is 8.52. The van der Waals surface area contributed by atoms with Crippen molar-refractivity contribution in [2.45, 2.75) is 38.6 Å². The van der Waals surface area contributed by atoms with Gasteiger partial charge in [-0.05, 0) is 69.9 Å². The molecule has 6 heteroatoms. The van der Waals surface area contributed by atoms with Gasteiger partial charge in [0.25, 0.3) is 5.91 Å². The third kappa shape index (κ3) is 4.55. The van der Waals surface area contributed by atoms with Crippen molar-refractivity contribution in [1.29, 1.82) is 0 Å². The monoisotopic (exact) mass is 375 g/mol. The van der Waals surface area contributed by atoms with Crippen LogP contribution >= 0.6 is 0 Å². The van der Waals surface area contributed by atoms with E-state index in [4.69, 9.17) is 4.42 Å². The lowest BCUT2D eigenvalue weighted by Gasteiger charge is -2.30. The van der Waals surface area contributed by atoms with E-state index in [1.54, 1.807) is 0 Å². The van der Waals surface area contributed by atoms with Crippen molar-refractivity contribution in [2.24, 2.45) is 11.8 Å². The number of nitrogens with zero attached hydrogens (tertiary/aromatic N) is 3. The quantitative estimate of drug-likeness (QED) is 0.825. The molecule has 0 radical (unpaired) electrons. The first-order chi connectivity index (χ1) is 13.2. The molecule has 6 nitrogen and oxygen atoms in total. The van der Waals surface area contributed by atoms with Crippen LogP contribution in [0.2, 0.25) is 0 Å². The molecule has 1 amide bonds. The number of furan rings is 1. The predicted octanol–water partition coefficient (Wildman–Crippen LogP) is 2.04. The minimum Gasteiger partial charge on any atom is -0.455 e. The molecule has 0 saturated carbocycles. The maximum absolute atomic E-state index is 12.9. The molecule has 0 aromatic carbocycles. The summed E-state index contributed by atoms with van der Waals surface area (Å²) in [5.74, 6) is 1.83. The SMILES string of the molecule is O=C(c1ccc(CN2CCCC2)o1)N1CC(CO)C(CN2CCCCC2)C1. The van der Waals surface area contributed by atoms with Crippen LogP contribution in [0.25, 0.3) is 0 Å². The van der Waals surface area contributed by atoms with Crippen LogP contribution in [0.15, 0.2) is 16.5 Å². The molecule has 150 valence electrons. The molecule has 0 spiro atoms. The highest BCUT2D eigenvalue weighted by Crippen LogP contribution is 2.27. The lowest BCUT2D eigenvalue weighted by molar-refractivity contribution is 0.0743. The standard InChI is InChI=1S/C21H33N3O3/c25-16-18-14-24(13-17(18)12-22-8-2-1-3-9-22)21(26)20-7-6-19(27-20)15-23-10-4-5-11-23/h6-7,17-18,25H,1-5,8-16H2. The molecule has 4 heterocycles. The van der Waals surface area contributed by atoms with Gasteiger partial charge in [0, 0.05) is 32.2 Å². The van der Waals surface area contributed by atoms with Crippen LogP contribution in [0.5, 0.6) is 0 Å². The van der Waals surface area contributed by atoms with Crippen molar-refractivity contribution < 1.29 is 14.3 Å². The molecular weight excluding hydrogens is 342 g/mol. The lowest BCUT2D eigenvalue weighted by atomic mass is 9.95. The van der Waals surface area contributed by atoms with Gasteiger partial charge >= 0.3 is 0 Å². The highest BCUT2D eigenvalue weighted by atomic mass is 16.4. The molecule has 0 aliphatic carbocycles. The molecule has 2 atom stereocenters. The molecule has 2 unspecified atom stereocenters. The number of hydrogen-bond acceptors (Lipinski definition) is 5. The van der Waals surface area contributed by atoms with Gasteiger partial charge < -0.3 is 19.3 Å². The Hall–Kier alpha value is -1.37. The first kappa shape index (κ1) is 19.0. The second kappa shape index (κ2) is 8.76. The van der Waals surface area contributed by atoms with Gasteiger partial charge in [-0.2, -0.15) is 0 Å². The van der Waals surface area contributed by atoms with E-state index < -0.39 is 0 Å². The summed E-state index contributed by atoms with van der Waals surface area (Å²) in [5.41, 5.74) is 0. The minimum atomic E-state index is -0.0257. The fourth-order valence-electron chi connectivity index (χ4n) is 4.89. The van der Waals surface area contributed by atoms with Gasteiger partial charge in [0.2, 0.25) is 0 Å². The van der Waals surface area contributed by atoms with Gasteiger partial charge in [0.05, 0.1) is 6.54 Å². The van der Waals surface area contributed by atoms with Crippen molar-refractivity contribution in [3.05, 3.63) is 23.7 Å². The Balaban J connectivity index is 1.34. The number of amides is 1. The number of aliphatic hydroxyl groups excluding tert-OH is 1. The van der Waals surface area contributed by atoms with Gasteiger partial charge in [0.1, 0.15) is 5.76 Å². The molecule has 1 aromatic rings. The molecule has 3 aliphatic heterocycles. The topological polar surface area (TPSA) is 60.2 Å². The van der Waals surface area contributed by atoms with Gasteiger partial charge in [-0.3, -0.25) is 9.69 Å². The second-order valence-electron chi connectivity index (χ2n) is 8.52. The molecule has 3 saturated heterocycles. The lowest BCUT2D eigenvalue weighted by Crippen LogP contribution is -2.37. The molecular formula is C21H33N3O3. The van der Waals surface area contributed by atoms with Crippen LogP contribution in [0.3, 0.4) is 0 Å². The smallest absolute Gasteiger partial charge is 0.289 e. The summed E-state index contributed by atoms with van der Waals surface area (Å²) in [5, 5.41) is 9.81. The maximum Gasteiger partial charge on any atom is 0.289 e. The summed E-state index contributed by atoms with van der Waals surface area (Å²) in [6, 6.07) is 3.76. The van der Waals surface area contributed by atoms with E-state index in [1.807, 2.05) is 17.0 Å². The third-order valence-corrected chi connectivity index (χ3v) is 6.49. The first-order valence-corrected chi connectivity index (χ1v) is 10.7. The maximum atomic E-state index is 12.9. The van der Waals surface area contributed by atoms with Crippen LogP contribution < -0.4 is 0 Å². The number of carbonyl (C=O) groups excluding carboxylic acids is 1. The van der Waals surface area contributed by atoms with Crippen molar-refractivity contribution in [1.82, 2.24) is 14.7 Å². The van der Waals surface area contributed by atoms with E-state index >= 15 is 0 Å². The van der Waals surface area contributed by atoms with Crippen LogP contribution in [-0.2, 0) is 6.54 Å². The predicted molar refractivity (Wildman–Crippen MR) is 103 cm³/mol. The summed E-state index contributed by atoms with van der Waals surface area (Å²) in [7, 11) is 0. The molecule has 3 aliphatic rings. The number of rotatable bonds is 6. The number of hydrogen-bond donors (Lipinski definition) is 1. The van der Waals surface area contributed by atoms with E-state index in [-0.39, 0.29) is 18.4 Å². The summed E-state index contributed by atoms with van der Waals surface area (Å²) in [4.78, 5) is 19.7. The third-order valence-electron chi connectivity index (χ3n) is 6.49. The van der Waals surface area contributed by atoms with E-state index in [0.717, 1.165) is 51.6 Å². The highest BCUT2D eigenvalue weighted by Gasteiger charge is 2.37. The average molecular weight is 376 g/mol. The van der Waals surface area contributed by atoms with E-state index in [2.05, 4.69) is 9.80 Å². The van der Waals surface area contributed by atoms with E-state index in [0.29, 0.717) is 18.2 Å². The summed E-state index contributed by atoms with van der Waals surface area (Å²) in [6.07, 6.45) is 6.37. The number of likely N-dealkylation sites (tertiary alicyclic amines) is 3. The Labute approximate surface area is 162 Å². The highest BCUT2D eigenvalue weighted by molar-refractivity contribution is 5.91. The number of aliphatic hydroxyl groups is 1. The molecule has 0 bridgehead atoms. The fraction of sp³-hybridized carbons (Fsp3) is 0.762. The van der Waals surface area contributed by atoms with Crippen LogP contribution in [0.1, 0.15) is 48.4 Å². The van der Waals surface area contributed by atoms with Crippen molar-refractivity contribution in [3.63, 3.8) is 0 Å². The Morgan fingerprint density at radius 1 is 0.963 bits per heavy atom. The molecule has 1 N–H and O–H groups in total. The summed E-state index contributed by atoms with van der Waals surface area (Å²) < 4.78 is 5.87. The van der Waals surface area contributed by atoms with Crippen LogP contribution in [0, 0.1) is 11.8 Å². The average Bonchev–Trinajstić information content (AvgIpc) is 3.44. The zero-order valence-corrected chi connectivity index (χ0v) is 16.3. The Kier molecular flexibility index (Phi) is 6.15. The molecule has 27 heavy (non-hydrogen) atoms. The fourth-order valence-corrected chi connectivity index (χ4v) is 4.89. The van der Waals surface area contributed by atoms with Gasteiger partial charge in [-0.25, -0.2) is 0 Å².